The van der Waals surface area contributed by atoms with E-state index in [0.717, 1.165) is 39.0 Å². The molecule has 9 rings (SSSR count). The first-order valence-corrected chi connectivity index (χ1v) is 15.2. The van der Waals surface area contributed by atoms with E-state index in [1.54, 1.807) is 0 Å². The molecular formula is C39H24N2OS. The highest BCUT2D eigenvalue weighted by Crippen LogP contribution is 2.46. The van der Waals surface area contributed by atoms with Crippen molar-refractivity contribution in [3.8, 4) is 11.1 Å². The minimum absolute atomic E-state index is 0.883. The number of aromatic nitrogens is 1. The second-order valence-electron chi connectivity index (χ2n) is 10.8. The highest BCUT2D eigenvalue weighted by Gasteiger charge is 2.21. The summed E-state index contributed by atoms with van der Waals surface area (Å²) in [6.07, 6.45) is 4.02. The van der Waals surface area contributed by atoms with Crippen LogP contribution in [0.25, 0.3) is 64.0 Å². The van der Waals surface area contributed by atoms with E-state index in [0.29, 0.717) is 0 Å². The van der Waals surface area contributed by atoms with Gasteiger partial charge in [-0.1, -0.05) is 91.0 Å². The summed E-state index contributed by atoms with van der Waals surface area (Å²) in [4.78, 5) is 7.16. The van der Waals surface area contributed by atoms with Gasteiger partial charge >= 0.3 is 0 Å². The Hall–Kier alpha value is -5.45. The van der Waals surface area contributed by atoms with E-state index in [4.69, 9.17) is 9.40 Å². The second-order valence-corrected chi connectivity index (χ2v) is 11.9. The molecule has 0 unspecified atom stereocenters. The van der Waals surface area contributed by atoms with Crippen LogP contribution in [-0.4, -0.2) is 4.98 Å². The third-order valence-corrected chi connectivity index (χ3v) is 9.54. The molecule has 0 N–H and O–H groups in total. The van der Waals surface area contributed by atoms with Gasteiger partial charge in [-0.15, -0.1) is 11.3 Å². The summed E-state index contributed by atoms with van der Waals surface area (Å²) in [7, 11) is 0. The maximum absolute atomic E-state index is 6.19. The summed E-state index contributed by atoms with van der Waals surface area (Å²) in [5.41, 5.74) is 7.36. The predicted molar refractivity (Wildman–Crippen MR) is 182 cm³/mol. The van der Waals surface area contributed by atoms with Crippen molar-refractivity contribution in [3.63, 3.8) is 0 Å². The van der Waals surface area contributed by atoms with Gasteiger partial charge in [0.05, 0.1) is 16.6 Å². The van der Waals surface area contributed by atoms with Gasteiger partial charge < -0.3 is 9.32 Å². The van der Waals surface area contributed by atoms with E-state index in [1.165, 1.54) is 42.1 Å². The van der Waals surface area contributed by atoms with Gasteiger partial charge in [-0.05, 0) is 64.4 Å². The summed E-state index contributed by atoms with van der Waals surface area (Å²) < 4.78 is 8.66. The van der Waals surface area contributed by atoms with E-state index in [2.05, 4.69) is 126 Å². The Morgan fingerprint density at radius 2 is 1.26 bits per heavy atom. The molecule has 0 aliphatic carbocycles. The molecule has 43 heavy (non-hydrogen) atoms. The maximum Gasteiger partial charge on any atom is 0.135 e. The standard InChI is InChI=1S/C39H24N2OS/c1-2-8-25(9-3-1)26-14-17-28(18-15-26)41(29-19-20-36-32(22-29)31-12-6-7-13-35(31)42-36)34-24-40-23-33-38-30-11-5-4-10-27(30)16-21-37(38)43-39(33)34/h1-24H. The topological polar surface area (TPSA) is 29.3 Å². The minimum Gasteiger partial charge on any atom is -0.456 e. The molecule has 0 spiro atoms. The van der Waals surface area contributed by atoms with E-state index in [-0.39, 0.29) is 0 Å². The number of hydrogen-bond donors (Lipinski definition) is 0. The number of anilines is 3. The van der Waals surface area contributed by atoms with Crippen molar-refractivity contribution in [2.45, 2.75) is 0 Å². The van der Waals surface area contributed by atoms with Gasteiger partial charge in [0.25, 0.3) is 0 Å². The Morgan fingerprint density at radius 1 is 0.535 bits per heavy atom. The van der Waals surface area contributed by atoms with Gasteiger partial charge in [0, 0.05) is 43.8 Å². The number of rotatable bonds is 4. The van der Waals surface area contributed by atoms with Gasteiger partial charge in [-0.2, -0.15) is 0 Å². The maximum atomic E-state index is 6.19. The first-order chi connectivity index (χ1) is 21.3. The van der Waals surface area contributed by atoms with Crippen molar-refractivity contribution in [1.82, 2.24) is 4.98 Å². The molecule has 0 saturated carbocycles. The number of fused-ring (bicyclic) bond motifs is 8. The van der Waals surface area contributed by atoms with Gasteiger partial charge in [0.15, 0.2) is 0 Å². The molecule has 0 radical (unpaired) electrons. The average Bonchev–Trinajstić information content (AvgIpc) is 3.65. The van der Waals surface area contributed by atoms with Crippen LogP contribution in [-0.2, 0) is 0 Å². The number of pyridine rings is 1. The molecule has 202 valence electrons. The molecule has 9 aromatic rings. The first-order valence-electron chi connectivity index (χ1n) is 14.4. The van der Waals surface area contributed by atoms with Crippen LogP contribution in [0.15, 0.2) is 150 Å². The Morgan fingerprint density at radius 3 is 2.14 bits per heavy atom. The Balaban J connectivity index is 1.30. The quantitative estimate of drug-likeness (QED) is 0.211. The van der Waals surface area contributed by atoms with Crippen LogP contribution < -0.4 is 4.90 Å². The Labute approximate surface area is 251 Å². The highest BCUT2D eigenvalue weighted by molar-refractivity contribution is 7.26. The number of hydrogen-bond acceptors (Lipinski definition) is 4. The molecule has 3 nitrogen and oxygen atoms in total. The van der Waals surface area contributed by atoms with Crippen LogP contribution in [0.4, 0.5) is 17.1 Å². The lowest BCUT2D eigenvalue weighted by atomic mass is 10.0. The molecule has 0 amide bonds. The largest absolute Gasteiger partial charge is 0.456 e. The van der Waals surface area contributed by atoms with E-state index >= 15 is 0 Å². The van der Waals surface area contributed by atoms with Crippen molar-refractivity contribution in [2.75, 3.05) is 4.90 Å². The zero-order valence-corrected chi connectivity index (χ0v) is 23.9. The molecular weight excluding hydrogens is 545 g/mol. The summed E-state index contributed by atoms with van der Waals surface area (Å²) in [5.74, 6) is 0. The molecule has 0 aliphatic heterocycles. The smallest absolute Gasteiger partial charge is 0.135 e. The monoisotopic (exact) mass is 568 g/mol. The Kier molecular flexibility index (Phi) is 5.37. The van der Waals surface area contributed by atoms with Crippen LogP contribution in [0.5, 0.6) is 0 Å². The predicted octanol–water partition coefficient (Wildman–Crippen LogP) is 11.6. The number of benzene rings is 6. The average molecular weight is 569 g/mol. The van der Waals surface area contributed by atoms with Crippen molar-refractivity contribution in [1.29, 1.82) is 0 Å². The van der Waals surface area contributed by atoms with Crippen molar-refractivity contribution < 1.29 is 4.42 Å². The zero-order valence-electron chi connectivity index (χ0n) is 23.1. The van der Waals surface area contributed by atoms with Gasteiger partial charge in [-0.25, -0.2) is 0 Å². The molecule has 4 heteroatoms. The summed E-state index contributed by atoms with van der Waals surface area (Å²) in [5, 5.41) is 7.16. The fourth-order valence-corrected chi connectivity index (χ4v) is 7.51. The molecule has 0 saturated heterocycles. The lowest BCUT2D eigenvalue weighted by Crippen LogP contribution is -2.10. The normalized spacial score (nSPS) is 11.7. The van der Waals surface area contributed by atoms with E-state index in [9.17, 15) is 0 Å². The van der Waals surface area contributed by atoms with Crippen LogP contribution >= 0.6 is 11.3 Å². The number of thiophene rings is 1. The van der Waals surface area contributed by atoms with Crippen LogP contribution in [0.2, 0.25) is 0 Å². The second kappa shape index (κ2) is 9.55. The van der Waals surface area contributed by atoms with E-state index in [1.807, 2.05) is 35.9 Å². The molecule has 0 aliphatic rings. The van der Waals surface area contributed by atoms with Gasteiger partial charge in [-0.3, -0.25) is 4.98 Å². The van der Waals surface area contributed by atoms with Crippen LogP contribution in [0.3, 0.4) is 0 Å². The minimum atomic E-state index is 0.883. The number of para-hydroxylation sites is 1. The third-order valence-electron chi connectivity index (χ3n) is 8.34. The molecule has 0 fully saturated rings. The van der Waals surface area contributed by atoms with Crippen molar-refractivity contribution in [2.24, 2.45) is 0 Å². The zero-order chi connectivity index (χ0) is 28.3. The molecule has 0 bridgehead atoms. The van der Waals surface area contributed by atoms with E-state index < -0.39 is 0 Å². The number of nitrogens with zero attached hydrogens (tertiary/aromatic N) is 2. The molecule has 3 heterocycles. The Bertz CT molecular complexity index is 2460. The molecule has 3 aromatic heterocycles. The molecule has 6 aromatic carbocycles. The summed E-state index contributed by atoms with van der Waals surface area (Å²) in [6, 6.07) is 47.1. The lowest BCUT2D eigenvalue weighted by Gasteiger charge is -2.26. The van der Waals surface area contributed by atoms with Gasteiger partial charge in [0.2, 0.25) is 0 Å². The summed E-state index contributed by atoms with van der Waals surface area (Å²) in [6.45, 7) is 0. The summed E-state index contributed by atoms with van der Waals surface area (Å²) >= 11 is 1.83. The highest BCUT2D eigenvalue weighted by atomic mass is 32.1. The number of furan rings is 1. The SMILES string of the molecule is c1ccc(-c2ccc(N(c3ccc4oc5ccccc5c4c3)c3cncc4c3sc3ccc5ccccc5c34)cc2)cc1. The molecule has 0 atom stereocenters. The fourth-order valence-electron chi connectivity index (χ4n) is 6.32. The third kappa shape index (κ3) is 3.84. The van der Waals surface area contributed by atoms with Crippen molar-refractivity contribution >= 4 is 81.3 Å². The van der Waals surface area contributed by atoms with Crippen molar-refractivity contribution in [3.05, 3.63) is 146 Å². The lowest BCUT2D eigenvalue weighted by molar-refractivity contribution is 0.669. The van der Waals surface area contributed by atoms with Gasteiger partial charge in [0.1, 0.15) is 11.2 Å². The van der Waals surface area contributed by atoms with Crippen LogP contribution in [0.1, 0.15) is 0 Å². The van der Waals surface area contributed by atoms with Crippen LogP contribution in [0, 0.1) is 0 Å². The fraction of sp³-hybridized carbons (Fsp3) is 0. The first kappa shape index (κ1) is 24.2.